The van der Waals surface area contributed by atoms with E-state index in [-0.39, 0.29) is 6.42 Å². The fraction of sp³-hybridized carbons (Fsp3) is 0.182. The molecule has 0 atom stereocenters. The molecule has 0 fully saturated rings. The third kappa shape index (κ3) is 2.25. The highest BCUT2D eigenvalue weighted by atomic mass is 19.1. The SMILES string of the molecule is C=C(C)CC(=O)c1c(F)cccc1F. The smallest absolute Gasteiger partial charge is 0.172 e. The lowest BCUT2D eigenvalue weighted by Gasteiger charge is -2.03. The van der Waals surface area contributed by atoms with E-state index in [2.05, 4.69) is 6.58 Å². The number of allylic oxidation sites excluding steroid dienone is 1. The first kappa shape index (κ1) is 10.6. The number of hydrogen-bond acceptors (Lipinski definition) is 1. The van der Waals surface area contributed by atoms with Crippen molar-refractivity contribution in [3.63, 3.8) is 0 Å². The average Bonchev–Trinajstić information content (AvgIpc) is 2.01. The number of halogens is 2. The van der Waals surface area contributed by atoms with Crippen LogP contribution in [0, 0.1) is 11.6 Å². The van der Waals surface area contributed by atoms with E-state index in [9.17, 15) is 13.6 Å². The van der Waals surface area contributed by atoms with Gasteiger partial charge in [-0.3, -0.25) is 4.79 Å². The number of carbonyl (C=O) groups excluding carboxylic acids is 1. The van der Waals surface area contributed by atoms with Crippen LogP contribution in [-0.4, -0.2) is 5.78 Å². The third-order valence-electron chi connectivity index (χ3n) is 1.70. The summed E-state index contributed by atoms with van der Waals surface area (Å²) in [6.07, 6.45) is -0.0299. The van der Waals surface area contributed by atoms with Crippen molar-refractivity contribution in [2.75, 3.05) is 0 Å². The Bertz CT molecular complexity index is 363. The Morgan fingerprint density at radius 1 is 1.36 bits per heavy atom. The standard InChI is InChI=1S/C11H10F2O/c1-7(2)6-10(14)11-8(12)4-3-5-9(11)13/h3-5H,1,6H2,2H3. The van der Waals surface area contributed by atoms with Crippen molar-refractivity contribution in [2.24, 2.45) is 0 Å². The minimum atomic E-state index is -0.823. The zero-order chi connectivity index (χ0) is 10.7. The molecule has 0 unspecified atom stereocenters. The predicted octanol–water partition coefficient (Wildman–Crippen LogP) is 3.11. The highest BCUT2D eigenvalue weighted by Gasteiger charge is 2.16. The van der Waals surface area contributed by atoms with Crippen LogP contribution in [0.1, 0.15) is 23.7 Å². The Balaban J connectivity index is 3.06. The van der Waals surface area contributed by atoms with Gasteiger partial charge in [0, 0.05) is 6.42 Å². The van der Waals surface area contributed by atoms with Crippen molar-refractivity contribution in [1.82, 2.24) is 0 Å². The van der Waals surface area contributed by atoms with Gasteiger partial charge in [0.15, 0.2) is 5.78 Å². The van der Waals surface area contributed by atoms with Gasteiger partial charge in [-0.15, -0.1) is 0 Å². The van der Waals surface area contributed by atoms with Gasteiger partial charge in [0.2, 0.25) is 0 Å². The molecule has 1 nitrogen and oxygen atoms in total. The molecule has 0 bridgehead atoms. The molecule has 0 heterocycles. The molecular weight excluding hydrogens is 186 g/mol. The fourth-order valence-corrected chi connectivity index (χ4v) is 1.13. The van der Waals surface area contributed by atoms with Crippen LogP contribution in [0.5, 0.6) is 0 Å². The van der Waals surface area contributed by atoms with Crippen LogP contribution in [0.25, 0.3) is 0 Å². The van der Waals surface area contributed by atoms with Gasteiger partial charge in [-0.05, 0) is 19.1 Å². The molecule has 0 aliphatic rings. The maximum absolute atomic E-state index is 13.1. The Hall–Kier alpha value is -1.51. The summed E-state index contributed by atoms with van der Waals surface area (Å²) in [4.78, 5) is 11.4. The molecule has 0 aliphatic carbocycles. The van der Waals surface area contributed by atoms with Crippen LogP contribution in [-0.2, 0) is 0 Å². The molecule has 74 valence electrons. The van der Waals surface area contributed by atoms with Crippen molar-refractivity contribution in [2.45, 2.75) is 13.3 Å². The summed E-state index contributed by atoms with van der Waals surface area (Å²) in [5, 5.41) is 0. The second-order valence-corrected chi connectivity index (χ2v) is 3.15. The van der Waals surface area contributed by atoms with Gasteiger partial charge in [-0.2, -0.15) is 0 Å². The number of hydrogen-bond donors (Lipinski definition) is 0. The van der Waals surface area contributed by atoms with E-state index in [4.69, 9.17) is 0 Å². The Kier molecular flexibility index (Phi) is 3.12. The number of Topliss-reactive ketones (excluding diaryl/α,β-unsaturated/α-hetero) is 1. The van der Waals surface area contributed by atoms with Crippen molar-refractivity contribution in [1.29, 1.82) is 0 Å². The van der Waals surface area contributed by atoms with Crippen LogP contribution in [0.15, 0.2) is 30.4 Å². The Labute approximate surface area is 81.1 Å². The first-order valence-corrected chi connectivity index (χ1v) is 4.14. The van der Waals surface area contributed by atoms with Gasteiger partial charge >= 0.3 is 0 Å². The monoisotopic (exact) mass is 196 g/mol. The van der Waals surface area contributed by atoms with Crippen molar-refractivity contribution in [3.05, 3.63) is 47.5 Å². The van der Waals surface area contributed by atoms with Crippen LogP contribution >= 0.6 is 0 Å². The molecule has 3 heteroatoms. The second kappa shape index (κ2) is 4.13. The highest BCUT2D eigenvalue weighted by Crippen LogP contribution is 2.15. The van der Waals surface area contributed by atoms with E-state index in [1.807, 2.05) is 0 Å². The van der Waals surface area contributed by atoms with E-state index in [0.717, 1.165) is 12.1 Å². The highest BCUT2D eigenvalue weighted by molar-refractivity contribution is 5.97. The number of rotatable bonds is 3. The predicted molar refractivity (Wildman–Crippen MR) is 50.1 cm³/mol. The van der Waals surface area contributed by atoms with Crippen LogP contribution in [0.3, 0.4) is 0 Å². The van der Waals surface area contributed by atoms with Crippen LogP contribution in [0.4, 0.5) is 8.78 Å². The fourth-order valence-electron chi connectivity index (χ4n) is 1.13. The van der Waals surface area contributed by atoms with Gasteiger partial charge in [0.25, 0.3) is 0 Å². The molecule has 0 amide bonds. The molecule has 0 radical (unpaired) electrons. The lowest BCUT2D eigenvalue weighted by atomic mass is 10.0. The molecule has 0 spiro atoms. The molecule has 0 aromatic heterocycles. The first-order valence-electron chi connectivity index (χ1n) is 4.14. The van der Waals surface area contributed by atoms with Gasteiger partial charge < -0.3 is 0 Å². The normalized spacial score (nSPS) is 9.93. The molecule has 0 N–H and O–H groups in total. The van der Waals surface area contributed by atoms with E-state index in [1.165, 1.54) is 6.07 Å². The summed E-state index contributed by atoms with van der Waals surface area (Å²) >= 11 is 0. The van der Waals surface area contributed by atoms with Crippen LogP contribution < -0.4 is 0 Å². The largest absolute Gasteiger partial charge is 0.294 e. The first-order chi connectivity index (χ1) is 6.52. The summed E-state index contributed by atoms with van der Waals surface area (Å²) < 4.78 is 26.1. The molecule has 0 saturated carbocycles. The molecule has 1 rings (SSSR count). The van der Waals surface area contributed by atoms with Crippen molar-refractivity contribution < 1.29 is 13.6 Å². The molecule has 1 aromatic carbocycles. The number of ketones is 1. The van der Waals surface area contributed by atoms with E-state index in [0.29, 0.717) is 5.57 Å². The molecule has 14 heavy (non-hydrogen) atoms. The van der Waals surface area contributed by atoms with E-state index < -0.39 is 23.0 Å². The van der Waals surface area contributed by atoms with E-state index in [1.54, 1.807) is 6.92 Å². The molecular formula is C11H10F2O. The summed E-state index contributed by atoms with van der Waals surface area (Å²) in [5.74, 6) is -2.22. The Morgan fingerprint density at radius 2 is 1.86 bits per heavy atom. The van der Waals surface area contributed by atoms with Crippen LogP contribution in [0.2, 0.25) is 0 Å². The molecule has 0 aliphatic heterocycles. The summed E-state index contributed by atoms with van der Waals surface area (Å²) in [7, 11) is 0. The third-order valence-corrected chi connectivity index (χ3v) is 1.70. The number of carbonyl (C=O) groups is 1. The van der Waals surface area contributed by atoms with Crippen molar-refractivity contribution >= 4 is 5.78 Å². The maximum Gasteiger partial charge on any atom is 0.172 e. The zero-order valence-electron chi connectivity index (χ0n) is 7.81. The zero-order valence-corrected chi connectivity index (χ0v) is 7.81. The molecule has 0 saturated heterocycles. The van der Waals surface area contributed by atoms with Gasteiger partial charge in [0.1, 0.15) is 11.6 Å². The topological polar surface area (TPSA) is 17.1 Å². The molecule has 1 aromatic rings. The summed E-state index contributed by atoms with van der Waals surface area (Å²) in [5.41, 5.74) is 0.105. The van der Waals surface area contributed by atoms with Crippen molar-refractivity contribution in [3.8, 4) is 0 Å². The minimum Gasteiger partial charge on any atom is -0.294 e. The quantitative estimate of drug-likeness (QED) is 0.536. The summed E-state index contributed by atoms with van der Waals surface area (Å²) in [6, 6.07) is 3.35. The Morgan fingerprint density at radius 3 is 2.29 bits per heavy atom. The van der Waals surface area contributed by atoms with Gasteiger partial charge in [0.05, 0.1) is 5.56 Å². The van der Waals surface area contributed by atoms with Gasteiger partial charge in [-0.1, -0.05) is 18.2 Å². The minimum absolute atomic E-state index is 0.0299. The average molecular weight is 196 g/mol. The van der Waals surface area contributed by atoms with Gasteiger partial charge in [-0.25, -0.2) is 8.78 Å². The summed E-state index contributed by atoms with van der Waals surface area (Å²) in [6.45, 7) is 5.15. The second-order valence-electron chi connectivity index (χ2n) is 3.15. The lowest BCUT2D eigenvalue weighted by molar-refractivity contribution is 0.0985. The maximum atomic E-state index is 13.1. The number of benzene rings is 1. The van der Waals surface area contributed by atoms with E-state index >= 15 is 0 Å². The lowest BCUT2D eigenvalue weighted by Crippen LogP contribution is -2.05.